The summed E-state index contributed by atoms with van der Waals surface area (Å²) in [6, 6.07) is 16.3. The van der Waals surface area contributed by atoms with Crippen molar-refractivity contribution in [3.05, 3.63) is 71.8 Å². The fourth-order valence-electron chi connectivity index (χ4n) is 2.56. The number of aliphatic hydroxyl groups is 1. The Bertz CT molecular complexity index is 751. The first-order valence-corrected chi connectivity index (χ1v) is 8.02. The van der Waals surface area contributed by atoms with Crippen molar-refractivity contribution in [2.45, 2.75) is 24.7 Å². The van der Waals surface area contributed by atoms with Crippen LogP contribution in [0, 0.1) is 0 Å². The van der Waals surface area contributed by atoms with Crippen molar-refractivity contribution in [1.29, 1.82) is 0 Å². The molecular formula is C19H17FO6. The third-order valence-corrected chi connectivity index (χ3v) is 3.91. The normalized spacial score (nSPS) is 24.8. The van der Waals surface area contributed by atoms with E-state index >= 15 is 0 Å². The highest BCUT2D eigenvalue weighted by molar-refractivity contribution is 5.90. The molecule has 1 unspecified atom stereocenters. The molecule has 3 rings (SSSR count). The zero-order chi connectivity index (χ0) is 18.5. The number of carbonyl (C=O) groups is 2. The van der Waals surface area contributed by atoms with E-state index in [-0.39, 0.29) is 12.2 Å². The Balaban J connectivity index is 1.63. The lowest BCUT2D eigenvalue weighted by Crippen LogP contribution is -2.37. The molecule has 1 saturated heterocycles. The Labute approximate surface area is 149 Å². The number of ether oxygens (including phenoxy) is 3. The first kappa shape index (κ1) is 18.0. The summed E-state index contributed by atoms with van der Waals surface area (Å²) in [4.78, 5) is 24.1. The molecule has 2 aromatic carbocycles. The molecule has 1 heterocycles. The minimum atomic E-state index is -1.94. The standard InChI is InChI=1S/C19H17FO6/c20-15-16(26-18(22)13-9-5-2-6-10-13)14(25-19(15)23)11-24-17(21)12-7-3-1-4-8-12/h1-10,14-16,19,23H,11H2/t14-,15+,16+,19?/m1/s1. The maximum absolute atomic E-state index is 14.2. The SMILES string of the molecule is O=C(OC[C@H]1OC(O)[C@@H](F)[C@H]1OC(=O)c1ccccc1)c1ccccc1. The number of halogens is 1. The lowest BCUT2D eigenvalue weighted by molar-refractivity contribution is -0.122. The zero-order valence-corrected chi connectivity index (χ0v) is 13.7. The van der Waals surface area contributed by atoms with Crippen LogP contribution >= 0.6 is 0 Å². The number of hydrogen-bond acceptors (Lipinski definition) is 6. The van der Waals surface area contributed by atoms with Crippen molar-refractivity contribution in [2.75, 3.05) is 6.61 Å². The van der Waals surface area contributed by atoms with Gasteiger partial charge in [-0.25, -0.2) is 14.0 Å². The molecule has 136 valence electrons. The van der Waals surface area contributed by atoms with E-state index in [2.05, 4.69) is 0 Å². The average Bonchev–Trinajstić information content (AvgIpc) is 2.95. The van der Waals surface area contributed by atoms with Crippen LogP contribution in [0.1, 0.15) is 20.7 Å². The van der Waals surface area contributed by atoms with Gasteiger partial charge in [-0.1, -0.05) is 36.4 Å². The maximum Gasteiger partial charge on any atom is 0.338 e. The van der Waals surface area contributed by atoms with E-state index in [4.69, 9.17) is 14.2 Å². The third-order valence-electron chi connectivity index (χ3n) is 3.91. The van der Waals surface area contributed by atoms with Crippen LogP contribution in [0.4, 0.5) is 4.39 Å². The highest BCUT2D eigenvalue weighted by Gasteiger charge is 2.47. The second-order valence-electron chi connectivity index (χ2n) is 5.71. The van der Waals surface area contributed by atoms with Gasteiger partial charge in [-0.05, 0) is 24.3 Å². The molecule has 0 aliphatic carbocycles. The van der Waals surface area contributed by atoms with Crippen LogP contribution in [-0.4, -0.2) is 48.3 Å². The minimum absolute atomic E-state index is 0.237. The molecule has 2 aromatic rings. The molecular weight excluding hydrogens is 343 g/mol. The summed E-state index contributed by atoms with van der Waals surface area (Å²) in [6.45, 7) is -0.363. The van der Waals surface area contributed by atoms with Crippen LogP contribution in [0.15, 0.2) is 60.7 Å². The van der Waals surface area contributed by atoms with Crippen molar-refractivity contribution in [3.63, 3.8) is 0 Å². The van der Waals surface area contributed by atoms with Gasteiger partial charge in [-0.3, -0.25) is 0 Å². The quantitative estimate of drug-likeness (QED) is 0.823. The zero-order valence-electron chi connectivity index (χ0n) is 13.7. The van der Waals surface area contributed by atoms with Gasteiger partial charge in [0, 0.05) is 0 Å². The second kappa shape index (κ2) is 8.07. The number of esters is 2. The molecule has 0 amide bonds. The first-order valence-electron chi connectivity index (χ1n) is 8.02. The predicted octanol–water partition coefficient (Wildman–Crippen LogP) is 2.12. The number of hydrogen-bond donors (Lipinski definition) is 1. The summed E-state index contributed by atoms with van der Waals surface area (Å²) in [5.41, 5.74) is 0.557. The largest absolute Gasteiger partial charge is 0.459 e. The molecule has 0 radical (unpaired) electrons. The average molecular weight is 360 g/mol. The van der Waals surface area contributed by atoms with E-state index in [1.54, 1.807) is 48.5 Å². The van der Waals surface area contributed by atoms with Crippen molar-refractivity contribution in [3.8, 4) is 0 Å². The number of aliphatic hydroxyl groups excluding tert-OH is 1. The highest BCUT2D eigenvalue weighted by atomic mass is 19.1. The lowest BCUT2D eigenvalue weighted by Gasteiger charge is -2.19. The topological polar surface area (TPSA) is 82.1 Å². The van der Waals surface area contributed by atoms with Gasteiger partial charge in [0.05, 0.1) is 11.1 Å². The van der Waals surface area contributed by atoms with Gasteiger partial charge in [-0.2, -0.15) is 0 Å². The van der Waals surface area contributed by atoms with Crippen LogP contribution in [0.3, 0.4) is 0 Å². The molecule has 7 heteroatoms. The predicted molar refractivity (Wildman–Crippen MR) is 88.1 cm³/mol. The summed E-state index contributed by atoms with van der Waals surface area (Å²) in [7, 11) is 0. The van der Waals surface area contributed by atoms with Crippen LogP contribution in [0.5, 0.6) is 0 Å². The Morgan fingerprint density at radius 3 is 2.08 bits per heavy atom. The Kier molecular flexibility index (Phi) is 5.60. The first-order chi connectivity index (χ1) is 12.6. The van der Waals surface area contributed by atoms with Gasteiger partial charge in [-0.15, -0.1) is 0 Å². The molecule has 4 atom stereocenters. The molecule has 0 aromatic heterocycles. The van der Waals surface area contributed by atoms with Crippen molar-refractivity contribution < 1.29 is 33.3 Å². The molecule has 1 aliphatic rings. The smallest absolute Gasteiger partial charge is 0.338 e. The molecule has 1 aliphatic heterocycles. The molecule has 1 fully saturated rings. The van der Waals surface area contributed by atoms with Gasteiger partial charge < -0.3 is 19.3 Å². The maximum atomic E-state index is 14.2. The Morgan fingerprint density at radius 2 is 1.50 bits per heavy atom. The molecule has 0 saturated carbocycles. The number of rotatable bonds is 5. The van der Waals surface area contributed by atoms with Gasteiger partial charge in [0.2, 0.25) is 0 Å². The Hall–Kier alpha value is -2.77. The summed E-state index contributed by atoms with van der Waals surface area (Å²) in [5, 5.41) is 9.58. The molecule has 6 nitrogen and oxygen atoms in total. The fraction of sp³-hybridized carbons (Fsp3) is 0.263. The van der Waals surface area contributed by atoms with E-state index in [0.29, 0.717) is 5.56 Å². The highest BCUT2D eigenvalue weighted by Crippen LogP contribution is 2.26. The van der Waals surface area contributed by atoms with E-state index < -0.39 is 36.6 Å². The van der Waals surface area contributed by atoms with Crippen molar-refractivity contribution >= 4 is 11.9 Å². The van der Waals surface area contributed by atoms with Crippen LogP contribution in [-0.2, 0) is 14.2 Å². The fourth-order valence-corrected chi connectivity index (χ4v) is 2.56. The monoisotopic (exact) mass is 360 g/mol. The van der Waals surface area contributed by atoms with Crippen molar-refractivity contribution in [2.24, 2.45) is 0 Å². The number of carbonyl (C=O) groups excluding carboxylic acids is 2. The minimum Gasteiger partial charge on any atom is -0.459 e. The van der Waals surface area contributed by atoms with Crippen LogP contribution in [0.2, 0.25) is 0 Å². The van der Waals surface area contributed by atoms with Gasteiger partial charge in [0.15, 0.2) is 18.6 Å². The molecule has 0 bridgehead atoms. The molecule has 0 spiro atoms. The van der Waals surface area contributed by atoms with E-state index in [9.17, 15) is 19.1 Å². The molecule has 26 heavy (non-hydrogen) atoms. The summed E-state index contributed by atoms with van der Waals surface area (Å²) < 4.78 is 29.4. The second-order valence-corrected chi connectivity index (χ2v) is 5.71. The van der Waals surface area contributed by atoms with E-state index in [1.807, 2.05) is 0 Å². The summed E-state index contributed by atoms with van der Waals surface area (Å²) in [5.74, 6) is -1.38. The third kappa shape index (κ3) is 4.07. The van der Waals surface area contributed by atoms with Crippen molar-refractivity contribution in [1.82, 2.24) is 0 Å². The number of benzene rings is 2. The lowest BCUT2D eigenvalue weighted by atomic mass is 10.1. The summed E-state index contributed by atoms with van der Waals surface area (Å²) in [6.07, 6.45) is -6.20. The van der Waals surface area contributed by atoms with E-state index in [1.165, 1.54) is 12.1 Å². The van der Waals surface area contributed by atoms with Crippen LogP contribution in [0.25, 0.3) is 0 Å². The van der Waals surface area contributed by atoms with E-state index in [0.717, 1.165) is 0 Å². The van der Waals surface area contributed by atoms with Gasteiger partial charge >= 0.3 is 11.9 Å². The van der Waals surface area contributed by atoms with Gasteiger partial charge in [0.1, 0.15) is 12.7 Å². The molecule has 1 N–H and O–H groups in total. The summed E-state index contributed by atoms with van der Waals surface area (Å²) >= 11 is 0. The van der Waals surface area contributed by atoms with Crippen LogP contribution < -0.4 is 0 Å². The number of alkyl halides is 1. The Morgan fingerprint density at radius 1 is 0.962 bits per heavy atom. The van der Waals surface area contributed by atoms with Gasteiger partial charge in [0.25, 0.3) is 0 Å².